The number of alkyl carbamates (subject to hydrolysis) is 1. The monoisotopic (exact) mass is 516 g/mol. The molecule has 1 aliphatic carbocycles. The van der Waals surface area contributed by atoms with Crippen molar-refractivity contribution in [1.82, 2.24) is 5.32 Å². The number of nitrogens with one attached hydrogen (secondary N) is 1. The lowest BCUT2D eigenvalue weighted by Crippen LogP contribution is -2.43. The van der Waals surface area contributed by atoms with Crippen molar-refractivity contribution in [2.24, 2.45) is 34.2 Å². The number of esters is 1. The molecule has 3 rings (SSSR count). The first kappa shape index (κ1) is 28.8. The number of carbonyl (C=O) groups excluding carboxylic acids is 2. The molecule has 0 bridgehead atoms. The Hall–Kier alpha value is -2.81. The number of fused-ring (bicyclic) bond motifs is 1. The Labute approximate surface area is 220 Å². The molecule has 37 heavy (non-hydrogen) atoms. The summed E-state index contributed by atoms with van der Waals surface area (Å²) in [5.41, 5.74) is 12.1. The predicted molar refractivity (Wildman–Crippen MR) is 144 cm³/mol. The molecule has 1 aliphatic heterocycles. The van der Waals surface area contributed by atoms with Crippen LogP contribution in [0, 0.1) is 17.8 Å². The van der Waals surface area contributed by atoms with Crippen LogP contribution < -0.4 is 21.5 Å². The molecule has 0 radical (unpaired) electrons. The summed E-state index contributed by atoms with van der Waals surface area (Å²) in [6.07, 6.45) is 3.44. The van der Waals surface area contributed by atoms with Gasteiger partial charge in [-0.15, -0.1) is 0 Å². The Balaban J connectivity index is 1.58. The number of aliphatic imine (C=N–C) groups is 1. The first-order valence-electron chi connectivity index (χ1n) is 13.3. The molecule has 1 saturated carbocycles. The van der Waals surface area contributed by atoms with E-state index in [-0.39, 0.29) is 18.1 Å². The third-order valence-electron chi connectivity index (χ3n) is 7.49. The number of benzene rings is 1. The minimum Gasteiger partial charge on any atom is -0.481 e. The Morgan fingerprint density at radius 2 is 1.89 bits per heavy atom. The van der Waals surface area contributed by atoms with E-state index in [0.717, 1.165) is 25.7 Å². The molecule has 206 valence electrons. The summed E-state index contributed by atoms with van der Waals surface area (Å²) in [4.78, 5) is 29.5. The average molecular weight is 517 g/mol. The van der Waals surface area contributed by atoms with E-state index >= 15 is 0 Å². The number of amidine groups is 1. The van der Waals surface area contributed by atoms with Crippen molar-refractivity contribution >= 4 is 23.6 Å². The molecule has 2 aliphatic rings. The van der Waals surface area contributed by atoms with Crippen molar-refractivity contribution in [2.45, 2.75) is 97.5 Å². The maximum Gasteiger partial charge on any atom is 0.407 e. The van der Waals surface area contributed by atoms with Gasteiger partial charge in [-0.2, -0.15) is 0 Å². The highest BCUT2D eigenvalue weighted by atomic mass is 16.6. The zero-order valence-corrected chi connectivity index (χ0v) is 23.3. The molecule has 9 heteroatoms. The standard InChI is InChI=1S/C28H44N4O5/c1-16(19-10-8-9-18(13-19)15-31-26(34)37-27(3,4)5)28(6,7)36-25(33)23(29)20-11-12-22-21(14-20)32-24(30)17(2)35-22/h11-12,14,16-19,23H,8-10,13,15,29H2,1-7H3,(H2,30,32)(H,31,34). The fourth-order valence-electron chi connectivity index (χ4n) is 5.03. The zero-order valence-electron chi connectivity index (χ0n) is 23.3. The van der Waals surface area contributed by atoms with Gasteiger partial charge in [-0.05, 0) is 89.8 Å². The van der Waals surface area contributed by atoms with Crippen molar-refractivity contribution in [3.63, 3.8) is 0 Å². The lowest BCUT2D eigenvalue weighted by atomic mass is 9.70. The van der Waals surface area contributed by atoms with Crippen LogP contribution in [0.15, 0.2) is 23.2 Å². The van der Waals surface area contributed by atoms with Gasteiger partial charge >= 0.3 is 12.1 Å². The fourth-order valence-corrected chi connectivity index (χ4v) is 5.03. The van der Waals surface area contributed by atoms with E-state index in [0.29, 0.717) is 41.2 Å². The molecule has 5 atom stereocenters. The van der Waals surface area contributed by atoms with E-state index < -0.39 is 23.2 Å². The number of carbonyl (C=O) groups is 2. The van der Waals surface area contributed by atoms with Crippen molar-refractivity contribution < 1.29 is 23.8 Å². The lowest BCUT2D eigenvalue weighted by molar-refractivity contribution is -0.165. The Morgan fingerprint density at radius 1 is 1.19 bits per heavy atom. The first-order chi connectivity index (χ1) is 17.2. The van der Waals surface area contributed by atoms with Gasteiger partial charge in [0.05, 0.1) is 0 Å². The summed E-state index contributed by atoms with van der Waals surface area (Å²) >= 11 is 0. The van der Waals surface area contributed by atoms with Gasteiger partial charge in [0, 0.05) is 6.54 Å². The average Bonchev–Trinajstić information content (AvgIpc) is 2.81. The predicted octanol–water partition coefficient (Wildman–Crippen LogP) is 4.75. The van der Waals surface area contributed by atoms with E-state index in [9.17, 15) is 9.59 Å². The number of amides is 1. The molecule has 0 spiro atoms. The number of rotatable bonds is 7. The smallest absolute Gasteiger partial charge is 0.407 e. The van der Waals surface area contributed by atoms with E-state index in [1.165, 1.54) is 0 Å². The molecule has 1 fully saturated rings. The van der Waals surface area contributed by atoms with E-state index in [2.05, 4.69) is 17.2 Å². The number of ether oxygens (including phenoxy) is 3. The highest BCUT2D eigenvalue weighted by Crippen LogP contribution is 2.40. The second-order valence-corrected chi connectivity index (χ2v) is 12.0. The Morgan fingerprint density at radius 3 is 2.57 bits per heavy atom. The van der Waals surface area contributed by atoms with E-state index in [4.69, 9.17) is 25.7 Å². The third kappa shape index (κ3) is 7.60. The Kier molecular flexibility index (Phi) is 8.78. The third-order valence-corrected chi connectivity index (χ3v) is 7.49. The lowest BCUT2D eigenvalue weighted by Gasteiger charge is -2.41. The highest BCUT2D eigenvalue weighted by Gasteiger charge is 2.39. The number of hydrogen-bond donors (Lipinski definition) is 3. The van der Waals surface area contributed by atoms with Gasteiger partial charge < -0.3 is 31.0 Å². The van der Waals surface area contributed by atoms with Crippen LogP contribution in [-0.2, 0) is 14.3 Å². The van der Waals surface area contributed by atoms with Crippen molar-refractivity contribution in [3.05, 3.63) is 23.8 Å². The quantitative estimate of drug-likeness (QED) is 0.445. The topological polar surface area (TPSA) is 138 Å². The van der Waals surface area contributed by atoms with Gasteiger partial charge in [0.15, 0.2) is 6.10 Å². The summed E-state index contributed by atoms with van der Waals surface area (Å²) < 4.78 is 17.1. The molecule has 5 N–H and O–H groups in total. The summed E-state index contributed by atoms with van der Waals surface area (Å²) in [5.74, 6) is 1.32. The van der Waals surface area contributed by atoms with Crippen LogP contribution in [-0.4, -0.2) is 41.7 Å². The Bertz CT molecular complexity index is 1020. The molecule has 1 aromatic carbocycles. The number of hydrogen-bond acceptors (Lipinski definition) is 8. The largest absolute Gasteiger partial charge is 0.481 e. The van der Waals surface area contributed by atoms with Crippen LogP contribution >= 0.6 is 0 Å². The van der Waals surface area contributed by atoms with Crippen molar-refractivity contribution in [2.75, 3.05) is 6.54 Å². The van der Waals surface area contributed by atoms with E-state index in [1.807, 2.05) is 41.5 Å². The highest BCUT2D eigenvalue weighted by molar-refractivity contribution is 5.90. The van der Waals surface area contributed by atoms with Crippen LogP contribution in [0.1, 0.15) is 85.8 Å². The van der Waals surface area contributed by atoms with Gasteiger partial charge in [-0.25, -0.2) is 14.6 Å². The van der Waals surface area contributed by atoms with Gasteiger partial charge in [-0.1, -0.05) is 25.8 Å². The SMILES string of the molecule is CC1Oc2ccc(C(N)C(=O)OC(C)(C)C(C)C3CCCC(CNC(=O)OC(C)(C)C)C3)cc2N=C1N. The molecular weight excluding hydrogens is 472 g/mol. The minimum atomic E-state index is -0.954. The van der Waals surface area contributed by atoms with Crippen molar-refractivity contribution in [1.29, 1.82) is 0 Å². The summed E-state index contributed by atoms with van der Waals surface area (Å²) in [6.45, 7) is 14.0. The molecule has 5 unspecified atom stereocenters. The maximum absolute atomic E-state index is 13.1. The number of nitrogens with zero attached hydrogens (tertiary/aromatic N) is 1. The van der Waals surface area contributed by atoms with E-state index in [1.54, 1.807) is 18.2 Å². The molecule has 0 saturated heterocycles. The summed E-state index contributed by atoms with van der Waals surface area (Å²) in [5, 5.41) is 2.91. The number of nitrogens with two attached hydrogens (primary N) is 2. The van der Waals surface area contributed by atoms with Crippen LogP contribution in [0.25, 0.3) is 0 Å². The van der Waals surface area contributed by atoms with Gasteiger partial charge in [0.1, 0.15) is 34.5 Å². The normalized spacial score (nSPS) is 23.6. The molecule has 9 nitrogen and oxygen atoms in total. The second kappa shape index (κ2) is 11.3. The maximum atomic E-state index is 13.1. The summed E-state index contributed by atoms with van der Waals surface area (Å²) in [6, 6.07) is 4.28. The van der Waals surface area contributed by atoms with Crippen LogP contribution in [0.4, 0.5) is 10.5 Å². The second-order valence-electron chi connectivity index (χ2n) is 12.0. The summed E-state index contributed by atoms with van der Waals surface area (Å²) in [7, 11) is 0. The molecule has 0 aromatic heterocycles. The van der Waals surface area contributed by atoms with Crippen LogP contribution in [0.5, 0.6) is 5.75 Å². The molecule has 1 amide bonds. The van der Waals surface area contributed by atoms with Crippen molar-refractivity contribution in [3.8, 4) is 5.75 Å². The van der Waals surface area contributed by atoms with Gasteiger partial charge in [-0.3, -0.25) is 0 Å². The van der Waals surface area contributed by atoms with Crippen LogP contribution in [0.2, 0.25) is 0 Å². The fraction of sp³-hybridized carbons (Fsp3) is 0.679. The first-order valence-corrected chi connectivity index (χ1v) is 13.3. The minimum absolute atomic E-state index is 0.107. The molecule has 1 aromatic rings. The van der Waals surface area contributed by atoms with Gasteiger partial charge in [0.2, 0.25) is 0 Å². The van der Waals surface area contributed by atoms with Gasteiger partial charge in [0.25, 0.3) is 0 Å². The molecule has 1 heterocycles. The zero-order chi connectivity index (χ0) is 27.5. The van der Waals surface area contributed by atoms with Crippen LogP contribution in [0.3, 0.4) is 0 Å². The molecular formula is C28H44N4O5.